The van der Waals surface area contributed by atoms with E-state index in [1.165, 1.54) is 25.0 Å². The SMILES string of the molecule is CC(=O)OC(C)(C)C(=O)NCCCn1c(Sc2cc3c(cc2-c2cc[nH]n2)OCO3)nc2c(N)ncnc21. The van der Waals surface area contributed by atoms with Crippen molar-refractivity contribution in [2.24, 2.45) is 0 Å². The number of H-pyrrole nitrogens is 1. The molecule has 1 aliphatic heterocycles. The highest BCUT2D eigenvalue weighted by atomic mass is 32.2. The van der Waals surface area contributed by atoms with Crippen molar-refractivity contribution in [1.82, 2.24) is 35.0 Å². The Morgan fingerprint density at radius 1 is 1.26 bits per heavy atom. The molecular formula is C24H26N8O5S. The average molecular weight is 539 g/mol. The van der Waals surface area contributed by atoms with Gasteiger partial charge in [-0.05, 0) is 38.5 Å². The van der Waals surface area contributed by atoms with E-state index in [-0.39, 0.29) is 18.5 Å². The van der Waals surface area contributed by atoms with Crippen molar-refractivity contribution in [3.05, 3.63) is 30.7 Å². The molecule has 0 saturated heterocycles. The van der Waals surface area contributed by atoms with Gasteiger partial charge in [-0.3, -0.25) is 14.7 Å². The molecule has 1 aliphatic rings. The summed E-state index contributed by atoms with van der Waals surface area (Å²) in [6, 6.07) is 5.66. The molecule has 14 heteroatoms. The quantitative estimate of drug-likeness (QED) is 0.211. The standard InChI is InChI=1S/C24H26N8O5S/c1-13(33)37-24(2,3)22(34)26-6-4-8-32-21-19(20(25)27-11-28-21)30-23(32)38-18-10-17-16(35-12-36-17)9-14(18)15-5-7-29-31-15/h5,7,9-11H,4,6,8,12H2,1-3H3,(H,26,34)(H,29,31)(H2,25,27,28). The third-order valence-corrected chi connectivity index (χ3v) is 6.82. The molecule has 4 heterocycles. The van der Waals surface area contributed by atoms with Crippen molar-refractivity contribution in [2.75, 3.05) is 19.1 Å². The van der Waals surface area contributed by atoms with Gasteiger partial charge in [-0.1, -0.05) is 11.8 Å². The van der Waals surface area contributed by atoms with Crippen LogP contribution in [-0.4, -0.2) is 60.5 Å². The lowest BCUT2D eigenvalue weighted by molar-refractivity contribution is -0.162. The van der Waals surface area contributed by atoms with Crippen LogP contribution < -0.4 is 20.5 Å². The number of ether oxygens (including phenoxy) is 3. The Balaban J connectivity index is 1.41. The first kappa shape index (κ1) is 25.3. The molecule has 0 aliphatic carbocycles. The summed E-state index contributed by atoms with van der Waals surface area (Å²) in [4.78, 5) is 37.9. The second-order valence-corrected chi connectivity index (χ2v) is 9.96. The molecule has 0 fully saturated rings. The third kappa shape index (κ3) is 5.07. The summed E-state index contributed by atoms with van der Waals surface area (Å²) in [5.74, 6) is 0.639. The van der Waals surface area contributed by atoms with E-state index in [0.29, 0.717) is 47.3 Å². The summed E-state index contributed by atoms with van der Waals surface area (Å²) in [5, 5.41) is 10.6. The summed E-state index contributed by atoms with van der Waals surface area (Å²) in [5.41, 5.74) is 7.49. The zero-order valence-electron chi connectivity index (χ0n) is 21.0. The fraction of sp³-hybridized carbons (Fsp3) is 0.333. The number of aromatic amines is 1. The van der Waals surface area contributed by atoms with Crippen molar-refractivity contribution in [1.29, 1.82) is 0 Å². The zero-order chi connectivity index (χ0) is 26.9. The number of hydrogen-bond donors (Lipinski definition) is 3. The number of carbonyl (C=O) groups excluding carboxylic acids is 2. The first-order valence-corrected chi connectivity index (χ1v) is 12.6. The van der Waals surface area contributed by atoms with Crippen LogP contribution in [-0.2, 0) is 20.9 Å². The highest BCUT2D eigenvalue weighted by molar-refractivity contribution is 7.99. The molecule has 1 amide bonds. The molecule has 38 heavy (non-hydrogen) atoms. The van der Waals surface area contributed by atoms with Gasteiger partial charge in [0.15, 0.2) is 39.2 Å². The topological polar surface area (TPSA) is 172 Å². The number of nitrogens with zero attached hydrogens (tertiary/aromatic N) is 5. The number of benzene rings is 1. The van der Waals surface area contributed by atoms with E-state index in [0.717, 1.165) is 16.2 Å². The van der Waals surface area contributed by atoms with Crippen LogP contribution in [0.25, 0.3) is 22.4 Å². The van der Waals surface area contributed by atoms with Crippen LogP contribution in [0.3, 0.4) is 0 Å². The van der Waals surface area contributed by atoms with Crippen molar-refractivity contribution < 1.29 is 23.8 Å². The minimum Gasteiger partial charge on any atom is -0.454 e. The van der Waals surface area contributed by atoms with E-state index in [9.17, 15) is 9.59 Å². The molecule has 0 saturated carbocycles. The third-order valence-electron chi connectivity index (χ3n) is 5.77. The average Bonchev–Trinajstić information content (AvgIpc) is 3.61. The molecule has 0 radical (unpaired) electrons. The number of nitrogens with one attached hydrogen (secondary N) is 2. The summed E-state index contributed by atoms with van der Waals surface area (Å²) >= 11 is 1.41. The zero-order valence-corrected chi connectivity index (χ0v) is 21.8. The highest BCUT2D eigenvalue weighted by Gasteiger charge is 2.30. The largest absolute Gasteiger partial charge is 0.454 e. The van der Waals surface area contributed by atoms with Gasteiger partial charge in [0.2, 0.25) is 6.79 Å². The first-order valence-electron chi connectivity index (χ1n) is 11.8. The second kappa shape index (κ2) is 10.2. The first-order chi connectivity index (χ1) is 18.2. The Hall–Kier alpha value is -4.33. The Morgan fingerprint density at radius 3 is 2.79 bits per heavy atom. The Kier molecular flexibility index (Phi) is 6.80. The number of aromatic nitrogens is 6. The molecule has 0 atom stereocenters. The van der Waals surface area contributed by atoms with E-state index in [1.807, 2.05) is 22.8 Å². The molecular weight excluding hydrogens is 512 g/mol. The van der Waals surface area contributed by atoms with Crippen molar-refractivity contribution in [3.63, 3.8) is 0 Å². The monoisotopic (exact) mass is 538 g/mol. The van der Waals surface area contributed by atoms with Gasteiger partial charge in [0, 0.05) is 36.7 Å². The van der Waals surface area contributed by atoms with E-state index in [4.69, 9.17) is 24.9 Å². The molecule has 198 valence electrons. The lowest BCUT2D eigenvalue weighted by Gasteiger charge is -2.23. The molecule has 4 aromatic rings. The molecule has 0 unspecified atom stereocenters. The Morgan fingerprint density at radius 2 is 2.05 bits per heavy atom. The maximum Gasteiger partial charge on any atom is 0.303 e. The highest BCUT2D eigenvalue weighted by Crippen LogP contribution is 2.44. The molecule has 13 nitrogen and oxygen atoms in total. The minimum absolute atomic E-state index is 0.147. The summed E-state index contributed by atoms with van der Waals surface area (Å²) in [7, 11) is 0. The molecule has 3 aromatic heterocycles. The maximum absolute atomic E-state index is 12.5. The molecule has 1 aromatic carbocycles. The van der Waals surface area contributed by atoms with Gasteiger partial charge in [0.05, 0.1) is 5.69 Å². The lowest BCUT2D eigenvalue weighted by atomic mass is 10.1. The van der Waals surface area contributed by atoms with Gasteiger partial charge in [-0.25, -0.2) is 15.0 Å². The second-order valence-electron chi connectivity index (χ2n) is 8.95. The number of esters is 1. The van der Waals surface area contributed by atoms with Crippen molar-refractivity contribution >= 4 is 40.6 Å². The van der Waals surface area contributed by atoms with Gasteiger partial charge in [0.25, 0.3) is 5.91 Å². The number of aryl methyl sites for hydroxylation is 1. The van der Waals surface area contributed by atoms with E-state index < -0.39 is 11.6 Å². The van der Waals surface area contributed by atoms with Gasteiger partial charge < -0.3 is 29.8 Å². The van der Waals surface area contributed by atoms with Crippen molar-refractivity contribution in [3.8, 4) is 22.8 Å². The summed E-state index contributed by atoms with van der Waals surface area (Å²) in [6.45, 7) is 5.33. The van der Waals surface area contributed by atoms with Gasteiger partial charge >= 0.3 is 5.97 Å². The van der Waals surface area contributed by atoms with Gasteiger partial charge in [0.1, 0.15) is 6.33 Å². The number of nitrogens with two attached hydrogens (primary N) is 1. The normalized spacial score (nSPS) is 12.6. The lowest BCUT2D eigenvalue weighted by Crippen LogP contribution is -2.45. The predicted molar refractivity (Wildman–Crippen MR) is 137 cm³/mol. The van der Waals surface area contributed by atoms with Crippen LogP contribution in [0.4, 0.5) is 5.82 Å². The minimum atomic E-state index is -1.27. The number of fused-ring (bicyclic) bond motifs is 2. The van der Waals surface area contributed by atoms with Crippen LogP contribution in [0.15, 0.2) is 40.8 Å². The fourth-order valence-electron chi connectivity index (χ4n) is 3.99. The number of nitrogen functional groups attached to an aromatic ring is 1. The van der Waals surface area contributed by atoms with Gasteiger partial charge in [-0.2, -0.15) is 5.10 Å². The van der Waals surface area contributed by atoms with Crippen molar-refractivity contribution in [2.45, 2.75) is 49.4 Å². The van der Waals surface area contributed by atoms with Gasteiger partial charge in [-0.15, -0.1) is 0 Å². The van der Waals surface area contributed by atoms with E-state index in [2.05, 4.69) is 25.5 Å². The number of carbonyl (C=O) groups is 2. The number of anilines is 1. The fourth-order valence-corrected chi connectivity index (χ4v) is 5.05. The molecule has 4 N–H and O–H groups in total. The number of amides is 1. The van der Waals surface area contributed by atoms with Crippen LogP contribution in [0, 0.1) is 0 Å². The number of rotatable bonds is 9. The Bertz CT molecular complexity index is 1500. The van der Waals surface area contributed by atoms with Crippen LogP contribution >= 0.6 is 11.8 Å². The number of imidazole rings is 1. The molecule has 0 spiro atoms. The Labute approximate surface area is 221 Å². The van der Waals surface area contributed by atoms with Crippen LogP contribution in [0.1, 0.15) is 27.2 Å². The van der Waals surface area contributed by atoms with E-state index >= 15 is 0 Å². The predicted octanol–water partition coefficient (Wildman–Crippen LogP) is 2.53. The summed E-state index contributed by atoms with van der Waals surface area (Å²) in [6.07, 6.45) is 3.69. The summed E-state index contributed by atoms with van der Waals surface area (Å²) < 4.78 is 18.2. The maximum atomic E-state index is 12.5. The smallest absolute Gasteiger partial charge is 0.303 e. The molecule has 0 bridgehead atoms. The van der Waals surface area contributed by atoms with Crippen LogP contribution in [0.5, 0.6) is 11.5 Å². The van der Waals surface area contributed by atoms with E-state index in [1.54, 1.807) is 20.0 Å². The number of hydrogen-bond acceptors (Lipinski definition) is 11. The van der Waals surface area contributed by atoms with Crippen LogP contribution in [0.2, 0.25) is 0 Å². The molecule has 5 rings (SSSR count).